The van der Waals surface area contributed by atoms with Crippen molar-refractivity contribution in [1.82, 2.24) is 9.47 Å². The van der Waals surface area contributed by atoms with Gasteiger partial charge in [0.2, 0.25) is 0 Å². The lowest BCUT2D eigenvalue weighted by molar-refractivity contribution is 0.181. The second-order valence-electron chi connectivity index (χ2n) is 15.0. The lowest BCUT2D eigenvalue weighted by Gasteiger charge is -2.38. The molecule has 0 saturated carbocycles. The molecule has 0 spiro atoms. The predicted octanol–water partition coefficient (Wildman–Crippen LogP) is 11.6. The van der Waals surface area contributed by atoms with Crippen LogP contribution in [0, 0.1) is 11.8 Å². The van der Waals surface area contributed by atoms with Gasteiger partial charge in [-0.1, -0.05) is 127 Å². The highest BCUT2D eigenvalue weighted by atomic mass is 32.2. The van der Waals surface area contributed by atoms with Crippen LogP contribution in [-0.4, -0.2) is 32.8 Å². The number of benzene rings is 4. The summed E-state index contributed by atoms with van der Waals surface area (Å²) < 4.78 is 2.49. The topological polar surface area (TPSA) is 8.17 Å². The lowest BCUT2D eigenvalue weighted by atomic mass is 9.80. The summed E-state index contributed by atoms with van der Waals surface area (Å²) in [5, 5.41) is 3.25. The van der Waals surface area contributed by atoms with E-state index in [1.54, 1.807) is 5.57 Å². The van der Waals surface area contributed by atoms with Crippen LogP contribution in [0.15, 0.2) is 163 Å². The number of nitrogens with zero attached hydrogens (tertiary/aromatic N) is 2. The average molecular weight is 677 g/mol. The fraction of sp³-hybridized carbons (Fsp3) is 0.208. The highest BCUT2D eigenvalue weighted by molar-refractivity contribution is 8.00. The van der Waals surface area contributed by atoms with Gasteiger partial charge in [0.25, 0.3) is 0 Å². The van der Waals surface area contributed by atoms with Crippen molar-refractivity contribution in [2.24, 2.45) is 11.8 Å². The molecule has 2 nitrogen and oxygen atoms in total. The molecular formula is C48H40N2S. The van der Waals surface area contributed by atoms with Crippen LogP contribution in [-0.2, 0) is 0 Å². The molecule has 2 aliphatic heterocycles. The van der Waals surface area contributed by atoms with Crippen molar-refractivity contribution in [1.29, 1.82) is 0 Å². The number of fused-ring (bicyclic) bond motifs is 9. The van der Waals surface area contributed by atoms with Gasteiger partial charge in [-0.05, 0) is 89.4 Å². The number of hydrogen-bond donors (Lipinski definition) is 0. The van der Waals surface area contributed by atoms with Crippen LogP contribution in [0.25, 0.3) is 44.2 Å². The van der Waals surface area contributed by atoms with E-state index < -0.39 is 0 Å². The van der Waals surface area contributed by atoms with E-state index in [0.717, 1.165) is 12.8 Å². The minimum atomic E-state index is 0.397. The zero-order valence-corrected chi connectivity index (χ0v) is 29.4. The van der Waals surface area contributed by atoms with Gasteiger partial charge < -0.3 is 4.57 Å². The summed E-state index contributed by atoms with van der Waals surface area (Å²) >= 11 is 2.08. The Hall–Kier alpha value is -4.83. The van der Waals surface area contributed by atoms with E-state index in [4.69, 9.17) is 0 Å². The summed E-state index contributed by atoms with van der Waals surface area (Å²) in [7, 11) is 0. The molecule has 4 aliphatic carbocycles. The maximum atomic E-state index is 2.86. The first-order valence-electron chi connectivity index (χ1n) is 18.8. The molecule has 6 unspecified atom stereocenters. The summed E-state index contributed by atoms with van der Waals surface area (Å²) in [5.74, 6) is 0.930. The lowest BCUT2D eigenvalue weighted by Crippen LogP contribution is -2.45. The fourth-order valence-corrected chi connectivity index (χ4v) is 11.4. The van der Waals surface area contributed by atoms with Gasteiger partial charge in [-0.25, -0.2) is 0 Å². The number of aromatic nitrogens is 1. The van der Waals surface area contributed by atoms with Crippen molar-refractivity contribution in [3.05, 3.63) is 175 Å². The molecule has 4 aromatic carbocycles. The second kappa shape index (κ2) is 11.9. The molecule has 248 valence electrons. The molecule has 1 aromatic heterocycles. The summed E-state index contributed by atoms with van der Waals surface area (Å²) in [6.07, 6.45) is 29.2. The largest absolute Gasteiger partial charge is 0.310 e. The molecule has 3 heteroatoms. The van der Waals surface area contributed by atoms with Crippen LogP contribution in [0.4, 0.5) is 0 Å². The van der Waals surface area contributed by atoms with Crippen LogP contribution in [0.2, 0.25) is 0 Å². The quantitative estimate of drug-likeness (QED) is 0.187. The third-order valence-electron chi connectivity index (χ3n) is 12.3. The number of rotatable bonds is 4. The number of hydrogen-bond acceptors (Lipinski definition) is 2. The van der Waals surface area contributed by atoms with Crippen LogP contribution in [0.5, 0.6) is 0 Å². The van der Waals surface area contributed by atoms with Crippen LogP contribution >= 0.6 is 11.8 Å². The molecule has 6 atom stereocenters. The zero-order valence-electron chi connectivity index (χ0n) is 28.6. The van der Waals surface area contributed by atoms with Crippen molar-refractivity contribution >= 4 is 56.0 Å². The summed E-state index contributed by atoms with van der Waals surface area (Å²) in [6, 6.07) is 37.3. The second-order valence-corrected chi connectivity index (χ2v) is 16.2. The molecule has 3 heterocycles. The molecule has 11 rings (SSSR count). The van der Waals surface area contributed by atoms with Gasteiger partial charge in [-0.3, -0.25) is 4.90 Å². The molecule has 5 aromatic rings. The molecular weight excluding hydrogens is 637 g/mol. The molecule has 0 N–H and O–H groups in total. The highest BCUT2D eigenvalue weighted by Gasteiger charge is 2.49. The van der Waals surface area contributed by atoms with Crippen molar-refractivity contribution in [2.45, 2.75) is 54.0 Å². The van der Waals surface area contributed by atoms with Crippen molar-refractivity contribution in [3.8, 4) is 0 Å². The average Bonchev–Trinajstić information content (AvgIpc) is 3.85. The minimum absolute atomic E-state index is 0.397. The van der Waals surface area contributed by atoms with E-state index in [2.05, 4.69) is 179 Å². The number of para-hydroxylation sites is 1. The van der Waals surface area contributed by atoms with E-state index >= 15 is 0 Å². The van der Waals surface area contributed by atoms with Crippen molar-refractivity contribution in [3.63, 3.8) is 0 Å². The summed E-state index contributed by atoms with van der Waals surface area (Å²) in [6.45, 7) is 0. The van der Waals surface area contributed by atoms with Crippen molar-refractivity contribution in [2.75, 3.05) is 0 Å². The van der Waals surface area contributed by atoms with Gasteiger partial charge in [-0.15, -0.1) is 11.8 Å². The van der Waals surface area contributed by atoms with Crippen LogP contribution in [0.1, 0.15) is 42.4 Å². The Morgan fingerprint density at radius 1 is 0.667 bits per heavy atom. The maximum Gasteiger partial charge on any atom is 0.0541 e. The smallest absolute Gasteiger partial charge is 0.0541 e. The Labute approximate surface area is 304 Å². The molecule has 6 aliphatic rings. The first-order valence-corrected chi connectivity index (χ1v) is 19.7. The van der Waals surface area contributed by atoms with Gasteiger partial charge in [0.15, 0.2) is 0 Å². The number of likely N-dealkylation sites (tertiary alicyclic amines) is 1. The monoisotopic (exact) mass is 676 g/mol. The SMILES string of the molecule is C1=CC2C3C=C(c4ccc5c(c4)c4ccccc4n5C4=CCCC(c5ccccc5)=C4)C=CC3N(C3C=C4c5ccccc5SC4CC3)C2C=C1. The van der Waals surface area contributed by atoms with E-state index in [9.17, 15) is 0 Å². The molecule has 0 radical (unpaired) electrons. The Morgan fingerprint density at radius 2 is 1.49 bits per heavy atom. The zero-order chi connectivity index (χ0) is 33.5. The number of thioether (sulfide) groups is 1. The summed E-state index contributed by atoms with van der Waals surface area (Å²) in [5.41, 5.74) is 12.3. The molecule has 51 heavy (non-hydrogen) atoms. The van der Waals surface area contributed by atoms with Gasteiger partial charge in [0.1, 0.15) is 0 Å². The Kier molecular flexibility index (Phi) is 6.95. The normalized spacial score (nSPS) is 27.8. The van der Waals surface area contributed by atoms with Gasteiger partial charge in [-0.2, -0.15) is 0 Å². The van der Waals surface area contributed by atoms with Gasteiger partial charge in [0, 0.05) is 56.6 Å². The molecule has 0 bridgehead atoms. The number of allylic oxidation sites excluding steroid dienone is 8. The Morgan fingerprint density at radius 3 is 2.45 bits per heavy atom. The first kappa shape index (κ1) is 29.9. The molecule has 0 amide bonds. The van der Waals surface area contributed by atoms with Crippen LogP contribution < -0.4 is 0 Å². The summed E-state index contributed by atoms with van der Waals surface area (Å²) in [4.78, 5) is 4.32. The predicted molar refractivity (Wildman–Crippen MR) is 216 cm³/mol. The van der Waals surface area contributed by atoms with E-state index in [0.29, 0.717) is 35.2 Å². The van der Waals surface area contributed by atoms with E-state index in [-0.39, 0.29) is 0 Å². The first-order chi connectivity index (χ1) is 25.3. The standard InChI is InChI=1S/C48H40N2S/c1-2-11-31(12-3-1)32-13-10-14-35(27-32)49-43-18-7-4-15-37(43)40-28-33(21-24-45(40)49)34-22-25-46-41(29-34)38-16-5-8-19-44(38)50(46)36-23-26-48-42(30-36)39-17-6-9-20-47(39)51-48/h1-9,11-12,14-22,24-25,27-30,36,38,41,44,46,48H,10,13,23,26H2. The minimum Gasteiger partial charge on any atom is -0.310 e. The van der Waals surface area contributed by atoms with E-state index in [1.165, 1.54) is 73.1 Å². The van der Waals surface area contributed by atoms with Gasteiger partial charge in [0.05, 0.1) is 11.0 Å². The van der Waals surface area contributed by atoms with E-state index in [1.807, 2.05) is 0 Å². The highest BCUT2D eigenvalue weighted by Crippen LogP contribution is 2.52. The fourth-order valence-electron chi connectivity index (χ4n) is 10.0. The Bertz CT molecular complexity index is 2450. The maximum absolute atomic E-state index is 2.86. The molecule has 1 fully saturated rings. The van der Waals surface area contributed by atoms with Gasteiger partial charge >= 0.3 is 0 Å². The molecule has 1 saturated heterocycles. The third-order valence-corrected chi connectivity index (χ3v) is 13.7. The van der Waals surface area contributed by atoms with Crippen molar-refractivity contribution < 1.29 is 0 Å². The van der Waals surface area contributed by atoms with Crippen LogP contribution in [0.3, 0.4) is 0 Å². The Balaban J connectivity index is 0.958. The third kappa shape index (κ3) is 4.75.